The summed E-state index contributed by atoms with van der Waals surface area (Å²) in [6.45, 7) is 5.97. The molecule has 1 aliphatic rings. The number of carbonyl (C=O) groups is 2. The number of aliphatic carboxylic acids is 1. The average Bonchev–Trinajstić information content (AvgIpc) is 2.72. The van der Waals surface area contributed by atoms with Crippen LogP contribution in [0.4, 0.5) is 5.82 Å². The average molecular weight is 406 g/mol. The lowest BCUT2D eigenvalue weighted by Gasteiger charge is -2.18. The Labute approximate surface area is 173 Å². The van der Waals surface area contributed by atoms with Gasteiger partial charge in [0.15, 0.2) is 0 Å². The van der Waals surface area contributed by atoms with Gasteiger partial charge in [0, 0.05) is 31.4 Å². The Morgan fingerprint density at radius 2 is 2.00 bits per heavy atom. The van der Waals surface area contributed by atoms with Gasteiger partial charge in [-0.2, -0.15) is 0 Å². The Morgan fingerprint density at radius 3 is 2.72 bits per heavy atom. The van der Waals surface area contributed by atoms with Gasteiger partial charge < -0.3 is 20.5 Å². The molecule has 0 saturated heterocycles. The molecule has 0 saturated carbocycles. The van der Waals surface area contributed by atoms with Gasteiger partial charge in [-0.1, -0.05) is 19.9 Å². The number of ether oxygens (including phenoxy) is 1. The lowest BCUT2D eigenvalue weighted by Crippen LogP contribution is -2.43. The summed E-state index contributed by atoms with van der Waals surface area (Å²) >= 11 is 0. The second kappa shape index (κ2) is 12.4. The van der Waals surface area contributed by atoms with Crippen molar-refractivity contribution in [3.05, 3.63) is 23.4 Å². The van der Waals surface area contributed by atoms with E-state index < -0.39 is 12.0 Å². The summed E-state index contributed by atoms with van der Waals surface area (Å²) < 4.78 is 5.64. The van der Waals surface area contributed by atoms with Crippen molar-refractivity contribution in [1.82, 2.24) is 10.3 Å². The van der Waals surface area contributed by atoms with Crippen molar-refractivity contribution in [3.8, 4) is 0 Å². The van der Waals surface area contributed by atoms with Gasteiger partial charge >= 0.3 is 5.97 Å². The molecule has 1 unspecified atom stereocenters. The fraction of sp³-hybridized carbons (Fsp3) is 0.682. The van der Waals surface area contributed by atoms with Gasteiger partial charge in [0.25, 0.3) is 0 Å². The van der Waals surface area contributed by atoms with Gasteiger partial charge in [-0.15, -0.1) is 0 Å². The van der Waals surface area contributed by atoms with Crippen LogP contribution in [0.15, 0.2) is 12.1 Å². The molecule has 2 heterocycles. The number of amides is 1. The van der Waals surface area contributed by atoms with Crippen molar-refractivity contribution < 1.29 is 19.4 Å². The Kier molecular flexibility index (Phi) is 9.91. The van der Waals surface area contributed by atoms with Crippen LogP contribution in [-0.2, 0) is 27.2 Å². The van der Waals surface area contributed by atoms with Crippen LogP contribution in [0.1, 0.15) is 63.6 Å². The molecule has 0 bridgehead atoms. The number of hydrogen-bond donors (Lipinski definition) is 3. The normalized spacial score (nSPS) is 14.2. The fourth-order valence-electron chi connectivity index (χ4n) is 3.56. The first-order valence-electron chi connectivity index (χ1n) is 10.9. The molecule has 7 nitrogen and oxygen atoms in total. The first kappa shape index (κ1) is 23.1. The molecule has 29 heavy (non-hydrogen) atoms. The number of pyridine rings is 1. The van der Waals surface area contributed by atoms with Gasteiger partial charge in [0.1, 0.15) is 11.9 Å². The molecular weight excluding hydrogens is 370 g/mol. The zero-order valence-electron chi connectivity index (χ0n) is 17.7. The lowest BCUT2D eigenvalue weighted by atomic mass is 10.0. The summed E-state index contributed by atoms with van der Waals surface area (Å²) in [6.07, 6.45) is 6.39. The van der Waals surface area contributed by atoms with E-state index in [9.17, 15) is 14.7 Å². The second-order valence-electron chi connectivity index (χ2n) is 7.61. The van der Waals surface area contributed by atoms with Crippen molar-refractivity contribution >= 4 is 17.7 Å². The molecule has 1 atom stereocenters. The molecule has 7 heteroatoms. The van der Waals surface area contributed by atoms with E-state index in [1.165, 1.54) is 5.56 Å². The highest BCUT2D eigenvalue weighted by Crippen LogP contribution is 2.20. The maximum atomic E-state index is 12.1. The Bertz CT molecular complexity index is 661. The van der Waals surface area contributed by atoms with Gasteiger partial charge in [-0.25, -0.2) is 9.78 Å². The van der Waals surface area contributed by atoms with Crippen molar-refractivity contribution in [2.75, 3.05) is 25.1 Å². The minimum absolute atomic E-state index is 0.125. The second-order valence-corrected chi connectivity index (χ2v) is 7.61. The molecule has 3 N–H and O–H groups in total. The third kappa shape index (κ3) is 7.65. The molecule has 0 aliphatic carbocycles. The number of anilines is 1. The topological polar surface area (TPSA) is 101 Å². The van der Waals surface area contributed by atoms with E-state index in [1.54, 1.807) is 0 Å². The molecule has 1 aromatic heterocycles. The molecule has 0 spiro atoms. The van der Waals surface area contributed by atoms with Gasteiger partial charge in [-0.3, -0.25) is 4.79 Å². The van der Waals surface area contributed by atoms with E-state index in [1.807, 2.05) is 13.8 Å². The third-order valence-electron chi connectivity index (χ3n) is 5.43. The summed E-state index contributed by atoms with van der Waals surface area (Å²) in [5.74, 6) is -0.267. The quantitative estimate of drug-likeness (QED) is 0.436. The van der Waals surface area contributed by atoms with E-state index in [0.717, 1.165) is 43.7 Å². The van der Waals surface area contributed by atoms with Crippen molar-refractivity contribution in [3.63, 3.8) is 0 Å². The summed E-state index contributed by atoms with van der Waals surface area (Å²) in [5.41, 5.74) is 2.36. The van der Waals surface area contributed by atoms with Crippen LogP contribution in [0, 0.1) is 5.92 Å². The van der Waals surface area contributed by atoms with E-state index in [4.69, 9.17) is 4.74 Å². The number of aryl methyl sites for hydroxylation is 2. The molecule has 1 aliphatic heterocycles. The number of carbonyl (C=O) groups excluding carboxylic acids is 1. The molecule has 162 valence electrons. The maximum Gasteiger partial charge on any atom is 0.326 e. The molecule has 0 radical (unpaired) electrons. The zero-order chi connectivity index (χ0) is 21.1. The van der Waals surface area contributed by atoms with E-state index in [2.05, 4.69) is 27.8 Å². The molecule has 0 fully saturated rings. The number of carboxylic acids is 1. The highest BCUT2D eigenvalue weighted by Gasteiger charge is 2.23. The van der Waals surface area contributed by atoms with Crippen molar-refractivity contribution in [2.45, 2.75) is 71.3 Å². The fourth-order valence-corrected chi connectivity index (χ4v) is 3.56. The minimum Gasteiger partial charge on any atom is -0.480 e. The van der Waals surface area contributed by atoms with Gasteiger partial charge in [-0.05, 0) is 63.0 Å². The predicted molar refractivity (Wildman–Crippen MR) is 113 cm³/mol. The van der Waals surface area contributed by atoms with Crippen molar-refractivity contribution in [2.24, 2.45) is 5.92 Å². The van der Waals surface area contributed by atoms with Crippen LogP contribution >= 0.6 is 0 Å². The Morgan fingerprint density at radius 1 is 1.24 bits per heavy atom. The number of aromatic nitrogens is 1. The van der Waals surface area contributed by atoms with Crippen LogP contribution in [0.2, 0.25) is 0 Å². The summed E-state index contributed by atoms with van der Waals surface area (Å²) in [4.78, 5) is 28.2. The minimum atomic E-state index is -0.989. The Hall–Kier alpha value is -2.15. The SMILES string of the molecule is CCC(CC)C(=O)NC(CCCOCCCc1ccc2c(n1)NCCC2)C(=O)O. The third-order valence-corrected chi connectivity index (χ3v) is 5.43. The maximum absolute atomic E-state index is 12.1. The molecule has 0 aromatic carbocycles. The molecule has 1 amide bonds. The largest absolute Gasteiger partial charge is 0.480 e. The van der Waals surface area contributed by atoms with Crippen LogP contribution in [-0.4, -0.2) is 47.8 Å². The highest BCUT2D eigenvalue weighted by molar-refractivity contribution is 5.84. The number of nitrogens with zero attached hydrogens (tertiary/aromatic N) is 1. The van der Waals surface area contributed by atoms with Crippen LogP contribution in [0.25, 0.3) is 0 Å². The lowest BCUT2D eigenvalue weighted by molar-refractivity contribution is -0.142. The van der Waals surface area contributed by atoms with E-state index in [0.29, 0.717) is 38.9 Å². The highest BCUT2D eigenvalue weighted by atomic mass is 16.5. The smallest absolute Gasteiger partial charge is 0.326 e. The predicted octanol–water partition coefficient (Wildman–Crippen LogP) is 3.17. The van der Waals surface area contributed by atoms with E-state index in [-0.39, 0.29) is 11.8 Å². The van der Waals surface area contributed by atoms with Gasteiger partial charge in [0.05, 0.1) is 0 Å². The van der Waals surface area contributed by atoms with Crippen molar-refractivity contribution in [1.29, 1.82) is 0 Å². The number of nitrogens with one attached hydrogen (secondary N) is 2. The van der Waals surface area contributed by atoms with E-state index >= 15 is 0 Å². The van der Waals surface area contributed by atoms with Gasteiger partial charge in [0.2, 0.25) is 5.91 Å². The number of rotatable bonds is 13. The first-order chi connectivity index (χ1) is 14.0. The Balaban J connectivity index is 1.61. The first-order valence-corrected chi connectivity index (χ1v) is 10.9. The number of hydrogen-bond acceptors (Lipinski definition) is 5. The molecular formula is C22H35N3O4. The summed E-state index contributed by atoms with van der Waals surface area (Å²) in [7, 11) is 0. The van der Waals surface area contributed by atoms with Crippen LogP contribution in [0.5, 0.6) is 0 Å². The van der Waals surface area contributed by atoms with Crippen LogP contribution < -0.4 is 10.6 Å². The number of fused-ring (bicyclic) bond motifs is 1. The molecule has 1 aromatic rings. The zero-order valence-corrected chi connectivity index (χ0v) is 17.7. The standard InChI is InChI=1S/C22H35N3O4/c1-3-16(4-2)21(26)25-19(22(27)28)10-7-15-29-14-6-9-18-12-11-17-8-5-13-23-20(17)24-18/h11-12,16,19H,3-10,13-15H2,1-2H3,(H,23,24)(H,25,26)(H,27,28). The summed E-state index contributed by atoms with van der Waals surface area (Å²) in [6, 6.07) is 3.40. The molecule has 2 rings (SSSR count). The number of carboxylic acid groups (broad SMARTS) is 1. The monoisotopic (exact) mass is 405 g/mol. The van der Waals surface area contributed by atoms with Crippen LogP contribution in [0.3, 0.4) is 0 Å². The summed E-state index contributed by atoms with van der Waals surface area (Å²) in [5, 5.41) is 15.3.